The summed E-state index contributed by atoms with van der Waals surface area (Å²) in [6.45, 7) is 5.93. The maximum absolute atomic E-state index is 12.4. The number of pyridine rings is 1. The lowest BCUT2D eigenvalue weighted by molar-refractivity contribution is 0.0609. The third kappa shape index (κ3) is 5.16. The number of aliphatic hydroxyl groups is 1. The molecular formula is C15H23ClN4O3. The number of nitrogens with zero attached hydrogens (tertiary/aromatic N) is 3. The monoisotopic (exact) mass is 342 g/mol. The van der Waals surface area contributed by atoms with Crippen LogP contribution in [0, 0.1) is 0 Å². The van der Waals surface area contributed by atoms with Crippen LogP contribution in [0.15, 0.2) is 18.3 Å². The zero-order chi connectivity index (χ0) is 15.9. The van der Waals surface area contributed by atoms with Crippen molar-refractivity contribution in [1.82, 2.24) is 20.1 Å². The number of amides is 2. The number of aliphatic hydroxyl groups excluding tert-OH is 1. The molecule has 2 N–H and O–H groups in total. The number of piperazine rings is 1. The van der Waals surface area contributed by atoms with Crippen LogP contribution in [0.1, 0.15) is 27.8 Å². The van der Waals surface area contributed by atoms with Crippen LogP contribution < -0.4 is 5.32 Å². The van der Waals surface area contributed by atoms with E-state index in [0.29, 0.717) is 37.4 Å². The van der Waals surface area contributed by atoms with Gasteiger partial charge >= 0.3 is 0 Å². The lowest BCUT2D eigenvalue weighted by atomic mass is 10.2. The molecule has 0 unspecified atom stereocenters. The highest BCUT2D eigenvalue weighted by Gasteiger charge is 2.22. The average molecular weight is 343 g/mol. The topological polar surface area (TPSA) is 85.8 Å². The van der Waals surface area contributed by atoms with Crippen LogP contribution in [0.3, 0.4) is 0 Å². The van der Waals surface area contributed by atoms with Crippen LogP contribution in [0.25, 0.3) is 0 Å². The van der Waals surface area contributed by atoms with Crippen molar-refractivity contribution >= 4 is 24.2 Å². The minimum Gasteiger partial charge on any atom is -0.395 e. The summed E-state index contributed by atoms with van der Waals surface area (Å²) in [4.78, 5) is 32.0. The van der Waals surface area contributed by atoms with E-state index in [1.807, 2.05) is 6.92 Å². The second-order valence-corrected chi connectivity index (χ2v) is 5.15. The molecule has 0 radical (unpaired) electrons. The molecule has 7 nitrogen and oxygen atoms in total. The first kappa shape index (κ1) is 19.3. The number of carbonyl (C=O) groups excluding carboxylic acids is 2. The first-order chi connectivity index (χ1) is 10.7. The van der Waals surface area contributed by atoms with Crippen molar-refractivity contribution in [3.05, 3.63) is 29.6 Å². The Bertz CT molecular complexity index is 516. The van der Waals surface area contributed by atoms with Gasteiger partial charge in [-0.25, -0.2) is 0 Å². The molecule has 0 bridgehead atoms. The summed E-state index contributed by atoms with van der Waals surface area (Å²) >= 11 is 0. The third-order valence-corrected chi connectivity index (χ3v) is 3.66. The molecule has 23 heavy (non-hydrogen) atoms. The number of aromatic nitrogens is 1. The van der Waals surface area contributed by atoms with Gasteiger partial charge in [-0.05, 0) is 19.1 Å². The molecular weight excluding hydrogens is 320 g/mol. The van der Waals surface area contributed by atoms with Crippen molar-refractivity contribution in [3.63, 3.8) is 0 Å². The van der Waals surface area contributed by atoms with Crippen molar-refractivity contribution in [1.29, 1.82) is 0 Å². The highest BCUT2D eigenvalue weighted by molar-refractivity contribution is 5.96. The van der Waals surface area contributed by atoms with Gasteiger partial charge in [0.2, 0.25) is 0 Å². The molecule has 0 aromatic carbocycles. The van der Waals surface area contributed by atoms with E-state index in [2.05, 4.69) is 15.2 Å². The first-order valence-corrected chi connectivity index (χ1v) is 7.52. The van der Waals surface area contributed by atoms with Crippen molar-refractivity contribution in [3.8, 4) is 0 Å². The summed E-state index contributed by atoms with van der Waals surface area (Å²) in [7, 11) is 0. The van der Waals surface area contributed by atoms with E-state index in [0.717, 1.165) is 13.1 Å². The Labute approximate surface area is 142 Å². The molecule has 1 aliphatic heterocycles. The second-order valence-electron chi connectivity index (χ2n) is 5.15. The number of hydrogen-bond acceptors (Lipinski definition) is 5. The molecule has 0 spiro atoms. The van der Waals surface area contributed by atoms with Crippen LogP contribution in [0.5, 0.6) is 0 Å². The van der Waals surface area contributed by atoms with Crippen LogP contribution in [-0.4, -0.2) is 77.6 Å². The molecule has 0 atom stereocenters. The van der Waals surface area contributed by atoms with Gasteiger partial charge < -0.3 is 15.3 Å². The number of nitrogens with one attached hydrogen (secondary N) is 1. The van der Waals surface area contributed by atoms with Gasteiger partial charge in [0, 0.05) is 45.5 Å². The Morgan fingerprint density at radius 1 is 1.26 bits per heavy atom. The SMILES string of the molecule is CCNC(=O)c1ccc(C(=O)N2CCN(CCO)CC2)nc1.Cl. The van der Waals surface area contributed by atoms with Gasteiger partial charge in [0.15, 0.2) is 0 Å². The lowest BCUT2D eigenvalue weighted by Gasteiger charge is -2.34. The minimum absolute atomic E-state index is 0. The molecule has 1 saturated heterocycles. The van der Waals surface area contributed by atoms with E-state index in [4.69, 9.17) is 5.11 Å². The second kappa shape index (κ2) is 9.44. The predicted octanol–water partition coefficient (Wildman–Crippen LogP) is 0.00320. The van der Waals surface area contributed by atoms with Gasteiger partial charge in [-0.15, -0.1) is 12.4 Å². The van der Waals surface area contributed by atoms with Gasteiger partial charge in [0.1, 0.15) is 5.69 Å². The van der Waals surface area contributed by atoms with Gasteiger partial charge in [-0.1, -0.05) is 0 Å². The number of rotatable bonds is 5. The van der Waals surface area contributed by atoms with Crippen LogP contribution in [0.2, 0.25) is 0 Å². The number of halogens is 1. The molecule has 2 amide bonds. The summed E-state index contributed by atoms with van der Waals surface area (Å²) < 4.78 is 0. The largest absolute Gasteiger partial charge is 0.395 e. The molecule has 1 aromatic heterocycles. The Kier molecular flexibility index (Phi) is 7.94. The average Bonchev–Trinajstić information content (AvgIpc) is 2.55. The summed E-state index contributed by atoms with van der Waals surface area (Å²) in [5, 5.41) is 11.6. The smallest absolute Gasteiger partial charge is 0.272 e. The van der Waals surface area contributed by atoms with E-state index in [1.54, 1.807) is 17.0 Å². The number of hydrogen-bond donors (Lipinski definition) is 2. The fraction of sp³-hybridized carbons (Fsp3) is 0.533. The van der Waals surface area contributed by atoms with E-state index in [-0.39, 0.29) is 30.8 Å². The normalized spacial score (nSPS) is 15.0. The van der Waals surface area contributed by atoms with E-state index < -0.39 is 0 Å². The Morgan fingerprint density at radius 3 is 2.48 bits per heavy atom. The Hall–Kier alpha value is -1.70. The Morgan fingerprint density at radius 2 is 1.96 bits per heavy atom. The minimum atomic E-state index is -0.188. The molecule has 0 saturated carbocycles. The van der Waals surface area contributed by atoms with Gasteiger partial charge in [-0.2, -0.15) is 0 Å². The molecule has 1 aliphatic rings. The lowest BCUT2D eigenvalue weighted by Crippen LogP contribution is -2.49. The van der Waals surface area contributed by atoms with Crippen molar-refractivity contribution in [2.75, 3.05) is 45.9 Å². The van der Waals surface area contributed by atoms with Gasteiger partial charge in [-0.3, -0.25) is 19.5 Å². The van der Waals surface area contributed by atoms with Crippen LogP contribution in [-0.2, 0) is 0 Å². The van der Waals surface area contributed by atoms with Crippen molar-refractivity contribution in [2.45, 2.75) is 6.92 Å². The molecule has 8 heteroatoms. The molecule has 0 aliphatic carbocycles. The van der Waals surface area contributed by atoms with E-state index >= 15 is 0 Å². The molecule has 2 rings (SSSR count). The summed E-state index contributed by atoms with van der Waals surface area (Å²) in [5.74, 6) is -0.308. The molecule has 2 heterocycles. The maximum atomic E-state index is 12.4. The Balaban J connectivity index is 0.00000264. The maximum Gasteiger partial charge on any atom is 0.272 e. The summed E-state index contributed by atoms with van der Waals surface area (Å²) in [6.07, 6.45) is 1.43. The fourth-order valence-corrected chi connectivity index (χ4v) is 2.40. The molecule has 128 valence electrons. The molecule has 1 aromatic rings. The highest BCUT2D eigenvalue weighted by Crippen LogP contribution is 2.08. The van der Waals surface area contributed by atoms with E-state index in [9.17, 15) is 9.59 Å². The zero-order valence-electron chi connectivity index (χ0n) is 13.2. The van der Waals surface area contributed by atoms with E-state index in [1.165, 1.54) is 6.20 Å². The summed E-state index contributed by atoms with van der Waals surface area (Å²) in [6, 6.07) is 3.21. The summed E-state index contributed by atoms with van der Waals surface area (Å²) in [5.41, 5.74) is 0.801. The first-order valence-electron chi connectivity index (χ1n) is 7.52. The highest BCUT2D eigenvalue weighted by atomic mass is 35.5. The zero-order valence-corrected chi connectivity index (χ0v) is 14.0. The standard InChI is InChI=1S/C15H22N4O3.ClH/c1-2-16-14(21)12-3-4-13(17-11-12)15(22)19-7-5-18(6-8-19)9-10-20;/h3-4,11,20H,2,5-10H2,1H3,(H,16,21);1H. The predicted molar refractivity (Wildman–Crippen MR) is 88.9 cm³/mol. The van der Waals surface area contributed by atoms with Crippen molar-refractivity contribution < 1.29 is 14.7 Å². The fourth-order valence-electron chi connectivity index (χ4n) is 2.40. The van der Waals surface area contributed by atoms with Crippen molar-refractivity contribution in [2.24, 2.45) is 0 Å². The quantitative estimate of drug-likeness (QED) is 0.787. The van der Waals surface area contributed by atoms with Crippen LogP contribution >= 0.6 is 12.4 Å². The number of β-amino-alcohol motifs (C(OH)–C–C–N with tert-alkyl or cyclic N) is 1. The third-order valence-electron chi connectivity index (χ3n) is 3.66. The molecule has 1 fully saturated rings. The van der Waals surface area contributed by atoms with Gasteiger partial charge in [0.25, 0.3) is 11.8 Å². The van der Waals surface area contributed by atoms with Gasteiger partial charge in [0.05, 0.1) is 12.2 Å². The van der Waals surface area contributed by atoms with Crippen LogP contribution in [0.4, 0.5) is 0 Å². The number of carbonyl (C=O) groups is 2.